The Morgan fingerprint density at radius 1 is 1.47 bits per heavy atom. The number of sulfone groups is 1. The standard InChI is InChI=1S/C9H11BrClNO2S/c1-9(2,6-11)15(13,14)8-4-3-7(10)5-12-8/h3-5H,6H2,1-2H3. The molecule has 84 valence electrons. The van der Waals surface area contributed by atoms with Gasteiger partial charge in [0.1, 0.15) is 0 Å². The van der Waals surface area contributed by atoms with Gasteiger partial charge in [-0.2, -0.15) is 0 Å². The van der Waals surface area contributed by atoms with Crippen LogP contribution in [0.25, 0.3) is 0 Å². The van der Waals surface area contributed by atoms with Gasteiger partial charge >= 0.3 is 0 Å². The average molecular weight is 313 g/mol. The quantitative estimate of drug-likeness (QED) is 0.806. The van der Waals surface area contributed by atoms with Crippen molar-refractivity contribution >= 4 is 37.4 Å². The van der Waals surface area contributed by atoms with Gasteiger partial charge in [-0.05, 0) is 41.9 Å². The van der Waals surface area contributed by atoms with E-state index in [2.05, 4.69) is 20.9 Å². The predicted octanol–water partition coefficient (Wildman–Crippen LogP) is 2.64. The van der Waals surface area contributed by atoms with Crippen LogP contribution in [0.4, 0.5) is 0 Å². The van der Waals surface area contributed by atoms with E-state index in [1.165, 1.54) is 12.3 Å². The van der Waals surface area contributed by atoms with E-state index in [-0.39, 0.29) is 10.9 Å². The summed E-state index contributed by atoms with van der Waals surface area (Å²) in [6, 6.07) is 3.11. The van der Waals surface area contributed by atoms with Crippen molar-refractivity contribution < 1.29 is 8.42 Å². The van der Waals surface area contributed by atoms with Crippen molar-refractivity contribution in [2.24, 2.45) is 0 Å². The second-order valence-electron chi connectivity index (χ2n) is 3.71. The fourth-order valence-electron chi connectivity index (χ4n) is 0.876. The number of pyridine rings is 1. The summed E-state index contributed by atoms with van der Waals surface area (Å²) in [6.45, 7) is 3.16. The van der Waals surface area contributed by atoms with Crippen molar-refractivity contribution in [2.75, 3.05) is 5.88 Å². The van der Waals surface area contributed by atoms with Crippen LogP contribution in [0, 0.1) is 0 Å². The summed E-state index contributed by atoms with van der Waals surface area (Å²) in [7, 11) is -3.47. The van der Waals surface area contributed by atoms with Gasteiger partial charge in [0.15, 0.2) is 5.03 Å². The van der Waals surface area contributed by atoms with Crippen LogP contribution in [-0.2, 0) is 9.84 Å². The van der Waals surface area contributed by atoms with Crippen LogP contribution >= 0.6 is 27.5 Å². The molecule has 3 nitrogen and oxygen atoms in total. The minimum Gasteiger partial charge on any atom is -0.244 e. The maximum atomic E-state index is 12.0. The number of halogens is 2. The molecule has 0 aliphatic carbocycles. The lowest BCUT2D eigenvalue weighted by molar-refractivity contribution is 0.558. The molecule has 0 radical (unpaired) electrons. The Kier molecular flexibility index (Phi) is 3.79. The highest BCUT2D eigenvalue weighted by Gasteiger charge is 2.35. The minimum atomic E-state index is -3.47. The van der Waals surface area contributed by atoms with E-state index >= 15 is 0 Å². The fourth-order valence-corrected chi connectivity index (χ4v) is 2.69. The summed E-state index contributed by atoms with van der Waals surface area (Å²) in [6.07, 6.45) is 1.46. The normalized spacial score (nSPS) is 12.8. The molecule has 0 unspecified atom stereocenters. The van der Waals surface area contributed by atoms with E-state index in [9.17, 15) is 8.42 Å². The van der Waals surface area contributed by atoms with Gasteiger partial charge in [-0.1, -0.05) is 0 Å². The third kappa shape index (κ3) is 2.52. The first-order valence-electron chi connectivity index (χ1n) is 4.23. The Morgan fingerprint density at radius 3 is 2.47 bits per heavy atom. The number of aromatic nitrogens is 1. The molecule has 0 saturated carbocycles. The smallest absolute Gasteiger partial charge is 0.201 e. The molecule has 1 rings (SSSR count). The molecule has 0 N–H and O–H groups in total. The molecule has 0 aliphatic rings. The van der Waals surface area contributed by atoms with E-state index in [0.717, 1.165) is 4.47 Å². The number of nitrogens with zero attached hydrogens (tertiary/aromatic N) is 1. The molecular formula is C9H11BrClNO2S. The predicted molar refractivity (Wildman–Crippen MR) is 63.9 cm³/mol. The maximum Gasteiger partial charge on any atom is 0.201 e. The second kappa shape index (κ2) is 4.39. The van der Waals surface area contributed by atoms with Gasteiger partial charge in [0.05, 0.1) is 4.75 Å². The molecule has 0 bridgehead atoms. The molecule has 0 spiro atoms. The highest BCUT2D eigenvalue weighted by Crippen LogP contribution is 2.25. The lowest BCUT2D eigenvalue weighted by Crippen LogP contribution is -2.34. The zero-order valence-corrected chi connectivity index (χ0v) is 11.5. The summed E-state index contributed by atoms with van der Waals surface area (Å²) < 4.78 is 23.8. The van der Waals surface area contributed by atoms with Gasteiger partial charge in [0.25, 0.3) is 0 Å². The van der Waals surface area contributed by atoms with Gasteiger partial charge in [-0.15, -0.1) is 11.6 Å². The van der Waals surface area contributed by atoms with Crippen LogP contribution in [0.1, 0.15) is 13.8 Å². The molecule has 0 atom stereocenters. The monoisotopic (exact) mass is 311 g/mol. The lowest BCUT2D eigenvalue weighted by atomic mass is 10.2. The number of alkyl halides is 1. The average Bonchev–Trinajstić information content (AvgIpc) is 2.18. The van der Waals surface area contributed by atoms with Gasteiger partial charge in [-0.25, -0.2) is 13.4 Å². The topological polar surface area (TPSA) is 47.0 Å². The molecule has 0 amide bonds. The van der Waals surface area contributed by atoms with Crippen LogP contribution in [0.15, 0.2) is 27.8 Å². The first kappa shape index (κ1) is 12.9. The Balaban J connectivity index is 3.24. The van der Waals surface area contributed by atoms with Gasteiger partial charge in [0.2, 0.25) is 9.84 Å². The van der Waals surface area contributed by atoms with Crippen molar-refractivity contribution in [3.8, 4) is 0 Å². The maximum absolute atomic E-state index is 12.0. The molecule has 6 heteroatoms. The third-order valence-corrected chi connectivity index (χ3v) is 5.71. The van der Waals surface area contributed by atoms with Gasteiger partial charge in [0, 0.05) is 16.5 Å². The van der Waals surface area contributed by atoms with Crippen molar-refractivity contribution in [2.45, 2.75) is 23.6 Å². The van der Waals surface area contributed by atoms with Crippen molar-refractivity contribution in [3.05, 3.63) is 22.8 Å². The first-order valence-corrected chi connectivity index (χ1v) is 7.04. The van der Waals surface area contributed by atoms with Crippen LogP contribution < -0.4 is 0 Å². The first-order chi connectivity index (χ1) is 6.81. The second-order valence-corrected chi connectivity index (χ2v) is 7.42. The molecule has 0 saturated heterocycles. The zero-order valence-electron chi connectivity index (χ0n) is 8.37. The highest BCUT2D eigenvalue weighted by atomic mass is 79.9. The van der Waals surface area contributed by atoms with Gasteiger partial charge in [-0.3, -0.25) is 0 Å². The molecule has 1 aromatic rings. The van der Waals surface area contributed by atoms with Crippen LogP contribution in [0.3, 0.4) is 0 Å². The van der Waals surface area contributed by atoms with Crippen LogP contribution in [0.5, 0.6) is 0 Å². The molecule has 0 aromatic carbocycles. The molecule has 1 heterocycles. The zero-order chi connectivity index (χ0) is 11.7. The van der Waals surface area contributed by atoms with Crippen molar-refractivity contribution in [3.63, 3.8) is 0 Å². The molecular weight excluding hydrogens is 302 g/mol. The van der Waals surface area contributed by atoms with E-state index < -0.39 is 14.6 Å². The molecule has 0 fully saturated rings. The molecule has 1 aromatic heterocycles. The summed E-state index contributed by atoms with van der Waals surface area (Å²) in [5, 5.41) is 0.0522. The summed E-state index contributed by atoms with van der Waals surface area (Å²) in [5.41, 5.74) is 0. The summed E-state index contributed by atoms with van der Waals surface area (Å²) >= 11 is 8.84. The summed E-state index contributed by atoms with van der Waals surface area (Å²) in [5.74, 6) is 0.0348. The summed E-state index contributed by atoms with van der Waals surface area (Å²) in [4.78, 5) is 3.87. The number of rotatable bonds is 3. The Bertz CT molecular complexity index is 442. The van der Waals surface area contributed by atoms with E-state index in [4.69, 9.17) is 11.6 Å². The number of hydrogen-bond donors (Lipinski definition) is 0. The van der Waals surface area contributed by atoms with Crippen LogP contribution in [0.2, 0.25) is 0 Å². The molecule has 15 heavy (non-hydrogen) atoms. The highest BCUT2D eigenvalue weighted by molar-refractivity contribution is 9.10. The Morgan fingerprint density at radius 2 is 2.07 bits per heavy atom. The van der Waals surface area contributed by atoms with Gasteiger partial charge < -0.3 is 0 Å². The minimum absolute atomic E-state index is 0.0348. The third-order valence-electron chi connectivity index (χ3n) is 2.02. The van der Waals surface area contributed by atoms with E-state index in [1.807, 2.05) is 0 Å². The Labute approximate surface area is 103 Å². The largest absolute Gasteiger partial charge is 0.244 e. The van der Waals surface area contributed by atoms with Crippen molar-refractivity contribution in [1.29, 1.82) is 0 Å². The lowest BCUT2D eigenvalue weighted by Gasteiger charge is -2.20. The van der Waals surface area contributed by atoms with E-state index in [0.29, 0.717) is 0 Å². The fraction of sp³-hybridized carbons (Fsp3) is 0.444. The number of hydrogen-bond acceptors (Lipinski definition) is 3. The van der Waals surface area contributed by atoms with Crippen molar-refractivity contribution in [1.82, 2.24) is 4.98 Å². The van der Waals surface area contributed by atoms with Crippen LogP contribution in [-0.4, -0.2) is 24.0 Å². The Hall–Kier alpha value is -0.130. The SMILES string of the molecule is CC(C)(CCl)S(=O)(=O)c1ccc(Br)cn1. The van der Waals surface area contributed by atoms with E-state index in [1.54, 1.807) is 19.9 Å². The molecule has 0 aliphatic heterocycles.